The van der Waals surface area contributed by atoms with Crippen LogP contribution in [-0.4, -0.2) is 49.0 Å². The van der Waals surface area contributed by atoms with E-state index in [-0.39, 0.29) is 11.8 Å². The molecule has 7 heteroatoms. The second-order valence-electron chi connectivity index (χ2n) is 4.87. The molecule has 0 aliphatic carbocycles. The van der Waals surface area contributed by atoms with Crippen molar-refractivity contribution in [1.29, 1.82) is 0 Å². The van der Waals surface area contributed by atoms with Crippen LogP contribution in [0.5, 0.6) is 0 Å². The maximum absolute atomic E-state index is 11.7. The third-order valence-corrected chi connectivity index (χ3v) is 4.76. The van der Waals surface area contributed by atoms with Gasteiger partial charge in [0.1, 0.15) is 0 Å². The molecule has 5 nitrogen and oxygen atoms in total. The topological polar surface area (TPSA) is 75.3 Å². The molecule has 0 aliphatic rings. The third-order valence-electron chi connectivity index (χ3n) is 2.36. The standard InChI is InChI=1S/C11H26N2O3S2/c1-10(2)12-7-5-9-18(15,16)13-11(3)6-8-17(4)14/h10-13H,5-9H2,1-4H3. The van der Waals surface area contributed by atoms with E-state index in [0.29, 0.717) is 31.2 Å². The summed E-state index contributed by atoms with van der Waals surface area (Å²) in [5.74, 6) is 0.658. The number of nitrogens with one attached hydrogen (secondary N) is 2. The first kappa shape index (κ1) is 18.0. The summed E-state index contributed by atoms with van der Waals surface area (Å²) in [5, 5.41) is 3.18. The van der Waals surface area contributed by atoms with Crippen LogP contribution in [0, 0.1) is 0 Å². The smallest absolute Gasteiger partial charge is 0.211 e. The van der Waals surface area contributed by atoms with Crippen LogP contribution in [0.4, 0.5) is 0 Å². The molecule has 2 unspecified atom stereocenters. The molecule has 18 heavy (non-hydrogen) atoms. The first-order valence-electron chi connectivity index (χ1n) is 6.26. The fourth-order valence-corrected chi connectivity index (χ4v) is 3.48. The van der Waals surface area contributed by atoms with Crippen molar-refractivity contribution < 1.29 is 12.6 Å². The van der Waals surface area contributed by atoms with Crippen LogP contribution in [0.3, 0.4) is 0 Å². The summed E-state index contributed by atoms with van der Waals surface area (Å²) in [6, 6.07) is 0.219. The van der Waals surface area contributed by atoms with Gasteiger partial charge in [0.25, 0.3) is 0 Å². The van der Waals surface area contributed by atoms with Gasteiger partial charge >= 0.3 is 0 Å². The minimum Gasteiger partial charge on any atom is -0.314 e. The molecule has 0 aromatic rings. The molecule has 0 spiro atoms. The van der Waals surface area contributed by atoms with E-state index in [9.17, 15) is 12.6 Å². The molecule has 2 N–H and O–H groups in total. The van der Waals surface area contributed by atoms with Gasteiger partial charge in [0.15, 0.2) is 0 Å². The van der Waals surface area contributed by atoms with Gasteiger partial charge in [-0.05, 0) is 26.3 Å². The molecule has 0 aliphatic heterocycles. The van der Waals surface area contributed by atoms with Crippen LogP contribution < -0.4 is 10.0 Å². The Morgan fingerprint density at radius 2 is 1.83 bits per heavy atom. The zero-order valence-electron chi connectivity index (χ0n) is 11.7. The zero-order chi connectivity index (χ0) is 14.2. The largest absolute Gasteiger partial charge is 0.314 e. The molecule has 0 saturated carbocycles. The second-order valence-corrected chi connectivity index (χ2v) is 8.29. The van der Waals surface area contributed by atoms with Crippen LogP contribution >= 0.6 is 0 Å². The van der Waals surface area contributed by atoms with Crippen molar-refractivity contribution in [3.8, 4) is 0 Å². The average molecular weight is 298 g/mol. The van der Waals surface area contributed by atoms with Gasteiger partial charge in [-0.2, -0.15) is 0 Å². The molecule has 0 aromatic carbocycles. The van der Waals surface area contributed by atoms with E-state index in [1.807, 2.05) is 13.8 Å². The Kier molecular flexibility index (Phi) is 9.02. The predicted octanol–water partition coefficient (Wildman–Crippen LogP) is 0.451. The molecule has 0 bridgehead atoms. The summed E-state index contributed by atoms with van der Waals surface area (Å²) in [5.41, 5.74) is 0. The van der Waals surface area contributed by atoms with E-state index in [1.54, 1.807) is 13.2 Å². The van der Waals surface area contributed by atoms with Crippen LogP contribution in [-0.2, 0) is 20.8 Å². The van der Waals surface area contributed by atoms with Crippen molar-refractivity contribution in [1.82, 2.24) is 10.0 Å². The average Bonchev–Trinajstić information content (AvgIpc) is 2.21. The molecule has 0 heterocycles. The lowest BCUT2D eigenvalue weighted by atomic mass is 10.3. The highest BCUT2D eigenvalue weighted by Crippen LogP contribution is 1.98. The summed E-state index contributed by atoms with van der Waals surface area (Å²) >= 11 is 0. The fourth-order valence-electron chi connectivity index (χ4n) is 1.42. The SMILES string of the molecule is CC(C)NCCCS(=O)(=O)NC(C)CCS(C)=O. The quantitative estimate of drug-likeness (QED) is 0.574. The van der Waals surface area contributed by atoms with Crippen LogP contribution in [0.1, 0.15) is 33.6 Å². The van der Waals surface area contributed by atoms with Crippen molar-refractivity contribution in [2.24, 2.45) is 0 Å². The lowest BCUT2D eigenvalue weighted by Crippen LogP contribution is -2.36. The van der Waals surface area contributed by atoms with E-state index in [1.165, 1.54) is 0 Å². The van der Waals surface area contributed by atoms with Crippen molar-refractivity contribution in [3.05, 3.63) is 0 Å². The highest BCUT2D eigenvalue weighted by molar-refractivity contribution is 7.89. The highest BCUT2D eigenvalue weighted by Gasteiger charge is 2.14. The Morgan fingerprint density at radius 1 is 1.22 bits per heavy atom. The van der Waals surface area contributed by atoms with E-state index in [0.717, 1.165) is 0 Å². The molecule has 0 aromatic heterocycles. The van der Waals surface area contributed by atoms with E-state index < -0.39 is 20.8 Å². The Balaban J connectivity index is 3.88. The summed E-state index contributed by atoms with van der Waals surface area (Å²) in [7, 11) is -4.09. The van der Waals surface area contributed by atoms with Gasteiger partial charge in [0.05, 0.1) is 5.75 Å². The van der Waals surface area contributed by atoms with Gasteiger partial charge in [-0.15, -0.1) is 0 Å². The predicted molar refractivity (Wildman–Crippen MR) is 77.7 cm³/mol. The van der Waals surface area contributed by atoms with Gasteiger partial charge in [-0.25, -0.2) is 13.1 Å². The Labute approximate surface area is 114 Å². The van der Waals surface area contributed by atoms with Gasteiger partial charge in [0.2, 0.25) is 10.0 Å². The molecule has 0 saturated heterocycles. The lowest BCUT2D eigenvalue weighted by Gasteiger charge is -2.14. The molecule has 0 fully saturated rings. The Bertz CT molecular complexity index is 342. The second kappa shape index (κ2) is 9.01. The number of hydrogen-bond acceptors (Lipinski definition) is 4. The third kappa shape index (κ3) is 11.1. The first-order valence-corrected chi connectivity index (χ1v) is 9.64. The first-order chi connectivity index (χ1) is 8.23. The highest BCUT2D eigenvalue weighted by atomic mass is 32.2. The normalized spacial score (nSPS) is 15.8. The fraction of sp³-hybridized carbons (Fsp3) is 1.00. The van der Waals surface area contributed by atoms with Gasteiger partial charge in [-0.1, -0.05) is 13.8 Å². The van der Waals surface area contributed by atoms with E-state index in [2.05, 4.69) is 10.0 Å². The minimum atomic E-state index is -3.22. The van der Waals surface area contributed by atoms with Crippen molar-refractivity contribution in [2.75, 3.05) is 24.3 Å². The molecule has 0 radical (unpaired) electrons. The molecule has 2 atom stereocenters. The Morgan fingerprint density at radius 3 is 2.33 bits per heavy atom. The number of sulfonamides is 1. The van der Waals surface area contributed by atoms with Crippen molar-refractivity contribution >= 4 is 20.8 Å². The Hall–Kier alpha value is 0.0200. The van der Waals surface area contributed by atoms with Gasteiger partial charge in [-0.3, -0.25) is 4.21 Å². The molecule has 0 amide bonds. The number of hydrogen-bond donors (Lipinski definition) is 2. The van der Waals surface area contributed by atoms with Gasteiger partial charge in [0, 0.05) is 34.9 Å². The molecule has 0 rings (SSSR count). The van der Waals surface area contributed by atoms with Crippen LogP contribution in [0.15, 0.2) is 0 Å². The summed E-state index contributed by atoms with van der Waals surface area (Å²) in [6.45, 7) is 6.56. The molecule has 110 valence electrons. The summed E-state index contributed by atoms with van der Waals surface area (Å²) < 4.78 is 37.0. The maximum Gasteiger partial charge on any atom is 0.211 e. The number of rotatable bonds is 10. The maximum atomic E-state index is 11.7. The molecular weight excluding hydrogens is 272 g/mol. The minimum absolute atomic E-state index is 0.131. The monoisotopic (exact) mass is 298 g/mol. The van der Waals surface area contributed by atoms with Crippen LogP contribution in [0.2, 0.25) is 0 Å². The van der Waals surface area contributed by atoms with E-state index in [4.69, 9.17) is 0 Å². The zero-order valence-corrected chi connectivity index (χ0v) is 13.4. The van der Waals surface area contributed by atoms with Crippen molar-refractivity contribution in [3.63, 3.8) is 0 Å². The molecular formula is C11H26N2O3S2. The van der Waals surface area contributed by atoms with Gasteiger partial charge < -0.3 is 5.32 Å². The summed E-state index contributed by atoms with van der Waals surface area (Å²) in [4.78, 5) is 0. The van der Waals surface area contributed by atoms with Crippen LogP contribution in [0.25, 0.3) is 0 Å². The summed E-state index contributed by atoms with van der Waals surface area (Å²) in [6.07, 6.45) is 2.82. The van der Waals surface area contributed by atoms with Crippen molar-refractivity contribution in [2.45, 2.75) is 45.7 Å². The van der Waals surface area contributed by atoms with E-state index >= 15 is 0 Å². The lowest BCUT2D eigenvalue weighted by molar-refractivity contribution is 0.544.